The lowest BCUT2D eigenvalue weighted by Gasteiger charge is -2.23. The van der Waals surface area contributed by atoms with Crippen molar-refractivity contribution in [3.8, 4) is 0 Å². The molecule has 0 spiro atoms. The molecule has 0 bridgehead atoms. The molecule has 15 heavy (non-hydrogen) atoms. The average Bonchev–Trinajstić information content (AvgIpc) is 2.53. The molecule has 0 aliphatic heterocycles. The van der Waals surface area contributed by atoms with Gasteiger partial charge in [0, 0.05) is 13.7 Å². The molecule has 2 unspecified atom stereocenters. The lowest BCUT2D eigenvalue weighted by Crippen LogP contribution is -2.14. The van der Waals surface area contributed by atoms with Gasteiger partial charge in [0.2, 0.25) is 0 Å². The lowest BCUT2D eigenvalue weighted by atomic mass is 9.84. The van der Waals surface area contributed by atoms with Gasteiger partial charge in [0.1, 0.15) is 0 Å². The number of hydrogen-bond donors (Lipinski definition) is 1. The smallest absolute Gasteiger partial charge is 0.0700 e. The maximum Gasteiger partial charge on any atom is 0.0700 e. The van der Waals surface area contributed by atoms with E-state index in [4.69, 9.17) is 9.47 Å². The fourth-order valence-corrected chi connectivity index (χ4v) is 2.36. The van der Waals surface area contributed by atoms with Crippen molar-refractivity contribution in [3.05, 3.63) is 0 Å². The van der Waals surface area contributed by atoms with E-state index in [0.717, 1.165) is 38.7 Å². The van der Waals surface area contributed by atoms with Gasteiger partial charge < -0.3 is 14.6 Å². The number of hydrogen-bond acceptors (Lipinski definition) is 3. The second-order valence-electron chi connectivity index (χ2n) is 4.92. The fraction of sp³-hybridized carbons (Fsp3) is 1.00. The van der Waals surface area contributed by atoms with Gasteiger partial charge in [0.15, 0.2) is 0 Å². The molecule has 0 heterocycles. The second-order valence-corrected chi connectivity index (χ2v) is 4.92. The summed E-state index contributed by atoms with van der Waals surface area (Å²) in [4.78, 5) is 0. The van der Waals surface area contributed by atoms with Crippen molar-refractivity contribution in [2.45, 2.75) is 45.1 Å². The van der Waals surface area contributed by atoms with Gasteiger partial charge in [0.05, 0.1) is 19.3 Å². The minimum atomic E-state index is -0.0654. The van der Waals surface area contributed by atoms with E-state index < -0.39 is 0 Å². The Kier molecular flexibility index (Phi) is 5.58. The zero-order valence-electron chi connectivity index (χ0n) is 10.00. The van der Waals surface area contributed by atoms with Crippen LogP contribution in [0.5, 0.6) is 0 Å². The van der Waals surface area contributed by atoms with E-state index in [1.54, 1.807) is 7.11 Å². The van der Waals surface area contributed by atoms with E-state index in [1.165, 1.54) is 0 Å². The zero-order chi connectivity index (χ0) is 11.1. The van der Waals surface area contributed by atoms with Gasteiger partial charge in [-0.2, -0.15) is 0 Å². The quantitative estimate of drug-likeness (QED) is 0.661. The molecular formula is C12H24O3. The van der Waals surface area contributed by atoms with Crippen molar-refractivity contribution in [2.75, 3.05) is 26.9 Å². The molecule has 3 nitrogen and oxygen atoms in total. The minimum absolute atomic E-state index is 0.0654. The highest BCUT2D eigenvalue weighted by atomic mass is 16.5. The van der Waals surface area contributed by atoms with Gasteiger partial charge in [0.25, 0.3) is 0 Å². The van der Waals surface area contributed by atoms with E-state index in [-0.39, 0.29) is 6.10 Å². The van der Waals surface area contributed by atoms with Crippen LogP contribution in [0.4, 0.5) is 0 Å². The molecule has 1 saturated carbocycles. The minimum Gasteiger partial charge on any atom is -0.393 e. The Hall–Kier alpha value is -0.120. The molecule has 90 valence electrons. The summed E-state index contributed by atoms with van der Waals surface area (Å²) in [6.07, 6.45) is 5.28. The normalized spacial score (nSPS) is 31.0. The third-order valence-electron chi connectivity index (χ3n) is 3.31. The summed E-state index contributed by atoms with van der Waals surface area (Å²) >= 11 is 0. The summed E-state index contributed by atoms with van der Waals surface area (Å²) in [5.41, 5.74) is 0.351. The molecule has 0 amide bonds. The number of aliphatic hydroxyl groups excluding tert-OH is 1. The molecule has 0 saturated heterocycles. The summed E-state index contributed by atoms with van der Waals surface area (Å²) < 4.78 is 10.3. The van der Waals surface area contributed by atoms with Crippen molar-refractivity contribution in [1.82, 2.24) is 0 Å². The summed E-state index contributed by atoms with van der Waals surface area (Å²) in [6.45, 7) is 4.46. The van der Waals surface area contributed by atoms with Crippen molar-refractivity contribution in [3.63, 3.8) is 0 Å². The Morgan fingerprint density at radius 1 is 1.33 bits per heavy atom. The van der Waals surface area contributed by atoms with E-state index >= 15 is 0 Å². The number of ether oxygens (including phenoxy) is 2. The molecule has 2 atom stereocenters. The Labute approximate surface area is 92.8 Å². The number of aliphatic hydroxyl groups is 1. The summed E-state index contributed by atoms with van der Waals surface area (Å²) in [5, 5.41) is 9.49. The van der Waals surface area contributed by atoms with Crippen LogP contribution in [0, 0.1) is 5.41 Å². The highest BCUT2D eigenvalue weighted by Crippen LogP contribution is 2.41. The average molecular weight is 216 g/mol. The molecule has 0 radical (unpaired) electrons. The second kappa shape index (κ2) is 6.46. The van der Waals surface area contributed by atoms with Crippen LogP contribution in [0.15, 0.2) is 0 Å². The van der Waals surface area contributed by atoms with Gasteiger partial charge in [-0.25, -0.2) is 0 Å². The van der Waals surface area contributed by atoms with Crippen LogP contribution in [0.3, 0.4) is 0 Å². The topological polar surface area (TPSA) is 38.7 Å². The van der Waals surface area contributed by atoms with Gasteiger partial charge >= 0.3 is 0 Å². The van der Waals surface area contributed by atoms with Gasteiger partial charge in [-0.15, -0.1) is 0 Å². The number of methoxy groups -OCH3 is 1. The lowest BCUT2D eigenvalue weighted by molar-refractivity contribution is 0.0634. The maximum atomic E-state index is 9.49. The first-order valence-corrected chi connectivity index (χ1v) is 5.91. The third-order valence-corrected chi connectivity index (χ3v) is 3.31. The Bertz CT molecular complexity index is 172. The zero-order valence-corrected chi connectivity index (χ0v) is 10.00. The predicted octanol–water partition coefficient (Wildman–Crippen LogP) is 1.98. The molecule has 1 N–H and O–H groups in total. The van der Waals surface area contributed by atoms with Crippen molar-refractivity contribution in [2.24, 2.45) is 5.41 Å². The monoisotopic (exact) mass is 216 g/mol. The molecular weight excluding hydrogens is 192 g/mol. The summed E-state index contributed by atoms with van der Waals surface area (Å²) in [7, 11) is 1.68. The highest BCUT2D eigenvalue weighted by molar-refractivity contribution is 4.85. The molecule has 0 aromatic heterocycles. The molecule has 1 aliphatic carbocycles. The molecule has 3 heteroatoms. The van der Waals surface area contributed by atoms with Crippen molar-refractivity contribution >= 4 is 0 Å². The van der Waals surface area contributed by atoms with Crippen molar-refractivity contribution < 1.29 is 14.6 Å². The van der Waals surface area contributed by atoms with Crippen LogP contribution in [0.25, 0.3) is 0 Å². The Morgan fingerprint density at radius 3 is 2.73 bits per heavy atom. The summed E-state index contributed by atoms with van der Waals surface area (Å²) in [6, 6.07) is 0. The molecule has 0 aromatic carbocycles. The number of rotatable bonds is 7. The molecule has 1 aliphatic rings. The first-order chi connectivity index (χ1) is 7.16. The van der Waals surface area contributed by atoms with E-state index in [1.807, 2.05) is 0 Å². The Morgan fingerprint density at radius 2 is 2.13 bits per heavy atom. The first kappa shape index (κ1) is 12.9. The van der Waals surface area contributed by atoms with Gasteiger partial charge in [-0.1, -0.05) is 6.92 Å². The first-order valence-electron chi connectivity index (χ1n) is 5.91. The molecule has 1 fully saturated rings. The van der Waals surface area contributed by atoms with Crippen LogP contribution < -0.4 is 0 Å². The molecule has 1 rings (SSSR count). The third kappa shape index (κ3) is 4.96. The predicted molar refractivity (Wildman–Crippen MR) is 59.9 cm³/mol. The Balaban J connectivity index is 2.00. The van der Waals surface area contributed by atoms with Crippen LogP contribution >= 0.6 is 0 Å². The van der Waals surface area contributed by atoms with Crippen LogP contribution in [0.2, 0.25) is 0 Å². The highest BCUT2D eigenvalue weighted by Gasteiger charge is 2.33. The van der Waals surface area contributed by atoms with E-state index in [2.05, 4.69) is 6.92 Å². The van der Waals surface area contributed by atoms with Gasteiger partial charge in [-0.05, 0) is 37.5 Å². The van der Waals surface area contributed by atoms with Gasteiger partial charge in [-0.3, -0.25) is 0 Å². The van der Waals surface area contributed by atoms with Crippen LogP contribution in [0.1, 0.15) is 39.0 Å². The van der Waals surface area contributed by atoms with E-state index in [0.29, 0.717) is 18.6 Å². The standard InChI is InChI=1S/C12H24O3/c1-12(6-4-11(13)10-12)5-3-7-15-9-8-14-2/h11,13H,3-10H2,1-2H3. The molecule has 0 aromatic rings. The van der Waals surface area contributed by atoms with Crippen LogP contribution in [-0.4, -0.2) is 38.1 Å². The van der Waals surface area contributed by atoms with E-state index in [9.17, 15) is 5.11 Å². The largest absolute Gasteiger partial charge is 0.393 e. The maximum absolute atomic E-state index is 9.49. The van der Waals surface area contributed by atoms with Crippen LogP contribution in [-0.2, 0) is 9.47 Å². The van der Waals surface area contributed by atoms with Crippen molar-refractivity contribution in [1.29, 1.82) is 0 Å². The SMILES string of the molecule is COCCOCCCC1(C)CCC(O)C1. The summed E-state index contributed by atoms with van der Waals surface area (Å²) in [5.74, 6) is 0. The fourth-order valence-electron chi connectivity index (χ4n) is 2.36.